The number of aromatic nitrogens is 3. The molecule has 0 saturated heterocycles. The zero-order valence-electron chi connectivity index (χ0n) is 11.8. The monoisotopic (exact) mass is 271 g/mol. The Morgan fingerprint density at radius 3 is 2.90 bits per heavy atom. The van der Waals surface area contributed by atoms with E-state index in [0.29, 0.717) is 0 Å². The lowest BCUT2D eigenvalue weighted by molar-refractivity contribution is 0.127. The number of hydrogen-bond acceptors (Lipinski definition) is 4. The molecule has 5 heteroatoms. The van der Waals surface area contributed by atoms with Crippen molar-refractivity contribution in [2.24, 2.45) is 5.73 Å². The van der Waals surface area contributed by atoms with Gasteiger partial charge in [-0.15, -0.1) is 0 Å². The molecule has 0 bridgehead atoms. The Morgan fingerprint density at radius 1 is 1.25 bits per heavy atom. The first kappa shape index (κ1) is 13.3. The zero-order valence-corrected chi connectivity index (χ0v) is 11.8. The van der Waals surface area contributed by atoms with E-state index in [2.05, 4.69) is 32.4 Å². The summed E-state index contributed by atoms with van der Waals surface area (Å²) in [5, 5.41) is 0. The van der Waals surface area contributed by atoms with Crippen molar-refractivity contribution >= 4 is 0 Å². The number of pyridine rings is 1. The van der Waals surface area contributed by atoms with Gasteiger partial charge in [0.15, 0.2) is 0 Å². The molecule has 3 rings (SSSR count). The summed E-state index contributed by atoms with van der Waals surface area (Å²) in [6, 6.07) is 6.29. The minimum absolute atomic E-state index is 0.0893. The van der Waals surface area contributed by atoms with Crippen molar-refractivity contribution in [3.63, 3.8) is 0 Å². The Morgan fingerprint density at radius 2 is 2.15 bits per heavy atom. The summed E-state index contributed by atoms with van der Waals surface area (Å²) in [4.78, 5) is 11.3. The van der Waals surface area contributed by atoms with Gasteiger partial charge in [0.2, 0.25) is 0 Å². The fraction of sp³-hybridized carbons (Fsp3) is 0.467. The molecule has 0 spiro atoms. The molecule has 1 aliphatic rings. The van der Waals surface area contributed by atoms with Gasteiger partial charge in [-0.05, 0) is 18.6 Å². The van der Waals surface area contributed by atoms with Crippen LogP contribution in [-0.2, 0) is 13.1 Å². The van der Waals surface area contributed by atoms with Crippen LogP contribution in [0.1, 0.15) is 30.9 Å². The maximum Gasteiger partial charge on any atom is 0.122 e. The Balaban J connectivity index is 1.87. The predicted octanol–water partition coefficient (Wildman–Crippen LogP) is 1.57. The van der Waals surface area contributed by atoms with Crippen molar-refractivity contribution in [2.75, 3.05) is 6.54 Å². The predicted molar refractivity (Wildman–Crippen MR) is 77.9 cm³/mol. The van der Waals surface area contributed by atoms with E-state index in [0.717, 1.165) is 37.6 Å². The lowest BCUT2D eigenvalue weighted by Crippen LogP contribution is -2.44. The number of nitrogens with two attached hydrogens (primary N) is 1. The normalized spacial score (nSPS) is 18.5. The smallest absolute Gasteiger partial charge is 0.122 e. The Kier molecular flexibility index (Phi) is 3.80. The van der Waals surface area contributed by atoms with Crippen molar-refractivity contribution in [3.05, 3.63) is 48.3 Å². The van der Waals surface area contributed by atoms with E-state index in [4.69, 9.17) is 5.73 Å². The average molecular weight is 271 g/mol. The molecule has 3 heterocycles. The fourth-order valence-corrected chi connectivity index (χ4v) is 2.88. The number of imidazole rings is 1. The van der Waals surface area contributed by atoms with Crippen molar-refractivity contribution in [1.29, 1.82) is 0 Å². The van der Waals surface area contributed by atoms with E-state index in [9.17, 15) is 0 Å². The van der Waals surface area contributed by atoms with Gasteiger partial charge < -0.3 is 10.3 Å². The van der Waals surface area contributed by atoms with Crippen molar-refractivity contribution in [3.8, 4) is 0 Å². The zero-order chi connectivity index (χ0) is 13.9. The number of hydrogen-bond donors (Lipinski definition) is 1. The highest BCUT2D eigenvalue weighted by molar-refractivity contribution is 5.12. The second-order valence-corrected chi connectivity index (χ2v) is 5.28. The van der Waals surface area contributed by atoms with Crippen LogP contribution in [0, 0.1) is 0 Å². The average Bonchev–Trinajstić information content (AvgIpc) is 2.96. The van der Waals surface area contributed by atoms with E-state index in [1.54, 1.807) is 0 Å². The highest BCUT2D eigenvalue weighted by atomic mass is 15.3. The van der Waals surface area contributed by atoms with E-state index >= 15 is 0 Å². The van der Waals surface area contributed by atoms with Gasteiger partial charge in [-0.1, -0.05) is 13.0 Å². The molecule has 106 valence electrons. The molecule has 0 aliphatic carbocycles. The van der Waals surface area contributed by atoms with Crippen LogP contribution in [0.5, 0.6) is 0 Å². The van der Waals surface area contributed by atoms with Crippen LogP contribution >= 0.6 is 0 Å². The molecule has 2 unspecified atom stereocenters. The van der Waals surface area contributed by atoms with Gasteiger partial charge in [-0.3, -0.25) is 9.88 Å². The maximum absolute atomic E-state index is 6.37. The highest BCUT2D eigenvalue weighted by Gasteiger charge is 2.29. The van der Waals surface area contributed by atoms with E-state index in [-0.39, 0.29) is 12.1 Å². The minimum Gasteiger partial charge on any atom is -0.333 e. The molecule has 0 fully saturated rings. The first-order valence-electron chi connectivity index (χ1n) is 7.20. The number of fused-ring (bicyclic) bond motifs is 1. The minimum atomic E-state index is 0.0893. The van der Waals surface area contributed by atoms with Gasteiger partial charge in [0.25, 0.3) is 0 Å². The molecule has 2 aromatic rings. The van der Waals surface area contributed by atoms with Crippen LogP contribution in [0.3, 0.4) is 0 Å². The van der Waals surface area contributed by atoms with Gasteiger partial charge in [-0.25, -0.2) is 4.98 Å². The summed E-state index contributed by atoms with van der Waals surface area (Å²) in [7, 11) is 0. The molecule has 1 aliphatic heterocycles. The first-order chi connectivity index (χ1) is 9.79. The second-order valence-electron chi connectivity index (χ2n) is 5.28. The SMILES string of the molecule is CCC(N)C(c1ccccn1)N1CCn2ccnc2C1. The van der Waals surface area contributed by atoms with Crippen molar-refractivity contribution < 1.29 is 0 Å². The summed E-state index contributed by atoms with van der Waals surface area (Å²) in [6.45, 7) is 4.92. The quantitative estimate of drug-likeness (QED) is 0.917. The first-order valence-corrected chi connectivity index (χ1v) is 7.20. The van der Waals surface area contributed by atoms with Crippen LogP contribution in [0.2, 0.25) is 0 Å². The van der Waals surface area contributed by atoms with Crippen LogP contribution < -0.4 is 5.73 Å². The Hall–Kier alpha value is -1.72. The van der Waals surface area contributed by atoms with Crippen LogP contribution in [0.25, 0.3) is 0 Å². The fourth-order valence-electron chi connectivity index (χ4n) is 2.88. The molecule has 2 atom stereocenters. The molecule has 0 radical (unpaired) electrons. The third-order valence-corrected chi connectivity index (χ3v) is 4.04. The molecule has 20 heavy (non-hydrogen) atoms. The third kappa shape index (κ3) is 2.46. The molecule has 0 amide bonds. The maximum atomic E-state index is 6.37. The molecule has 2 N–H and O–H groups in total. The van der Waals surface area contributed by atoms with Gasteiger partial charge in [0, 0.05) is 37.7 Å². The molecule has 0 saturated carbocycles. The summed E-state index contributed by atoms with van der Waals surface area (Å²) in [6.07, 6.45) is 6.69. The van der Waals surface area contributed by atoms with Crippen molar-refractivity contribution in [1.82, 2.24) is 19.4 Å². The lowest BCUT2D eigenvalue weighted by atomic mass is 10.00. The topological polar surface area (TPSA) is 60.0 Å². The van der Waals surface area contributed by atoms with Gasteiger partial charge in [-0.2, -0.15) is 0 Å². The highest BCUT2D eigenvalue weighted by Crippen LogP contribution is 2.27. The molecule has 2 aromatic heterocycles. The molecule has 0 aromatic carbocycles. The van der Waals surface area contributed by atoms with Crippen LogP contribution in [0.15, 0.2) is 36.8 Å². The Labute approximate surface area is 119 Å². The van der Waals surface area contributed by atoms with Gasteiger partial charge in [0.1, 0.15) is 5.82 Å². The van der Waals surface area contributed by atoms with Crippen LogP contribution in [-0.4, -0.2) is 32.0 Å². The number of rotatable bonds is 4. The van der Waals surface area contributed by atoms with Gasteiger partial charge in [0.05, 0.1) is 18.3 Å². The van der Waals surface area contributed by atoms with E-state index in [1.807, 2.05) is 30.7 Å². The van der Waals surface area contributed by atoms with Gasteiger partial charge >= 0.3 is 0 Å². The second kappa shape index (κ2) is 5.73. The van der Waals surface area contributed by atoms with Crippen molar-refractivity contribution in [2.45, 2.75) is 38.5 Å². The lowest BCUT2D eigenvalue weighted by Gasteiger charge is -2.37. The summed E-state index contributed by atoms with van der Waals surface area (Å²) in [5.41, 5.74) is 7.42. The summed E-state index contributed by atoms with van der Waals surface area (Å²) >= 11 is 0. The third-order valence-electron chi connectivity index (χ3n) is 4.04. The molecule has 5 nitrogen and oxygen atoms in total. The standard InChI is InChI=1S/C15H21N5/c1-2-12(16)15(13-5-3-4-6-17-13)20-10-9-19-8-7-18-14(19)11-20/h3-8,12,15H,2,9-11,16H2,1H3. The summed E-state index contributed by atoms with van der Waals surface area (Å²) in [5.74, 6) is 1.11. The molecular weight excluding hydrogens is 250 g/mol. The van der Waals surface area contributed by atoms with E-state index in [1.165, 1.54) is 0 Å². The number of nitrogens with zero attached hydrogens (tertiary/aromatic N) is 4. The summed E-state index contributed by atoms with van der Waals surface area (Å²) < 4.78 is 2.21. The largest absolute Gasteiger partial charge is 0.333 e. The van der Waals surface area contributed by atoms with E-state index < -0.39 is 0 Å². The van der Waals surface area contributed by atoms with Crippen LogP contribution in [0.4, 0.5) is 0 Å². The molecular formula is C15H21N5. The Bertz CT molecular complexity index is 550.